The van der Waals surface area contributed by atoms with Crippen molar-refractivity contribution in [3.63, 3.8) is 0 Å². The van der Waals surface area contributed by atoms with Crippen molar-refractivity contribution in [3.8, 4) is 16.2 Å². The molecule has 0 bridgehead atoms. The third-order valence-electron chi connectivity index (χ3n) is 4.25. The number of hydrogen-bond acceptors (Lipinski definition) is 6. The number of rotatable bonds is 4. The Kier molecular flexibility index (Phi) is 5.65. The molecule has 1 aliphatic heterocycles. The molecule has 0 radical (unpaired) electrons. The number of amides is 1. The van der Waals surface area contributed by atoms with Crippen LogP contribution < -0.4 is 0 Å². The maximum Gasteiger partial charge on any atom is 0.222 e. The van der Waals surface area contributed by atoms with E-state index in [0.29, 0.717) is 18.7 Å². The van der Waals surface area contributed by atoms with Crippen molar-refractivity contribution in [1.82, 2.24) is 9.80 Å². The summed E-state index contributed by atoms with van der Waals surface area (Å²) >= 11 is 5.20. The summed E-state index contributed by atoms with van der Waals surface area (Å²) in [5, 5.41) is 10.2. The summed E-state index contributed by atoms with van der Waals surface area (Å²) in [7, 11) is 3.26. The molecule has 128 valence electrons. The van der Waals surface area contributed by atoms with Crippen LogP contribution in [0.3, 0.4) is 0 Å². The topological polar surface area (TPSA) is 43.8 Å². The van der Waals surface area contributed by atoms with E-state index in [1.54, 1.807) is 26.7 Å². The van der Waals surface area contributed by atoms with Crippen LogP contribution in [0.15, 0.2) is 24.3 Å². The molecule has 0 aliphatic carbocycles. The van der Waals surface area contributed by atoms with Gasteiger partial charge in [-0.3, -0.25) is 9.69 Å². The lowest BCUT2D eigenvalue weighted by molar-refractivity contribution is -0.132. The Morgan fingerprint density at radius 1 is 1.21 bits per heavy atom. The van der Waals surface area contributed by atoms with Gasteiger partial charge in [0.1, 0.15) is 9.57 Å². The van der Waals surface area contributed by atoms with E-state index >= 15 is 0 Å². The van der Waals surface area contributed by atoms with Gasteiger partial charge in [-0.2, -0.15) is 0 Å². The molecule has 0 saturated carbocycles. The molecular weight excluding hydrogens is 360 g/mol. The molecule has 1 amide bonds. The van der Waals surface area contributed by atoms with Crippen LogP contribution >= 0.6 is 32.9 Å². The number of piperazine rings is 1. The first-order valence-corrected chi connectivity index (χ1v) is 10.5. The van der Waals surface area contributed by atoms with E-state index < -0.39 is 0 Å². The highest BCUT2D eigenvalue weighted by Crippen LogP contribution is 2.32. The van der Waals surface area contributed by atoms with E-state index in [-0.39, 0.29) is 5.91 Å². The lowest BCUT2D eigenvalue weighted by Crippen LogP contribution is -2.48. The number of phenols is 1. The van der Waals surface area contributed by atoms with Gasteiger partial charge >= 0.3 is 0 Å². The fourth-order valence-electron chi connectivity index (χ4n) is 2.86. The zero-order chi connectivity index (χ0) is 17.1. The molecule has 1 aromatic heterocycles. The summed E-state index contributed by atoms with van der Waals surface area (Å²) in [5.41, 5.74) is 2.02. The van der Waals surface area contributed by atoms with E-state index in [2.05, 4.69) is 4.90 Å². The molecule has 2 heterocycles. The SMILES string of the molecule is CCC(=O)N1CCN(Cc2cc(-c3cc(=S)ss3)ccc2O)CC1. The molecule has 4 nitrogen and oxygen atoms in total. The second kappa shape index (κ2) is 7.74. The summed E-state index contributed by atoms with van der Waals surface area (Å²) in [6.45, 7) is 5.80. The van der Waals surface area contributed by atoms with Gasteiger partial charge in [-0.05, 0) is 29.8 Å². The van der Waals surface area contributed by atoms with Crippen LogP contribution in [0.2, 0.25) is 0 Å². The van der Waals surface area contributed by atoms with Gasteiger partial charge in [-0.25, -0.2) is 0 Å². The minimum atomic E-state index is 0.221. The van der Waals surface area contributed by atoms with Crippen LogP contribution in [-0.2, 0) is 11.3 Å². The second-order valence-corrected chi connectivity index (χ2v) is 8.76. The number of carbonyl (C=O) groups excluding carboxylic acids is 1. The molecule has 24 heavy (non-hydrogen) atoms. The predicted octanol–water partition coefficient (Wildman–Crippen LogP) is 3.97. The molecule has 1 aromatic carbocycles. The Morgan fingerprint density at radius 3 is 2.58 bits per heavy atom. The Labute approximate surface area is 154 Å². The monoisotopic (exact) mass is 380 g/mol. The first-order valence-electron chi connectivity index (χ1n) is 7.99. The summed E-state index contributed by atoms with van der Waals surface area (Å²) in [6.07, 6.45) is 0.565. The average Bonchev–Trinajstić information content (AvgIpc) is 3.03. The quantitative estimate of drug-likeness (QED) is 0.644. The molecular formula is C17H20N2O2S3. The van der Waals surface area contributed by atoms with Crippen LogP contribution in [0.4, 0.5) is 0 Å². The molecule has 0 spiro atoms. The lowest BCUT2D eigenvalue weighted by Gasteiger charge is -2.34. The van der Waals surface area contributed by atoms with Gasteiger partial charge in [0.2, 0.25) is 5.91 Å². The Bertz CT molecular complexity index is 776. The van der Waals surface area contributed by atoms with Crippen LogP contribution in [0, 0.1) is 3.82 Å². The lowest BCUT2D eigenvalue weighted by atomic mass is 10.1. The maximum absolute atomic E-state index is 11.8. The maximum atomic E-state index is 11.8. The van der Waals surface area contributed by atoms with E-state index in [0.717, 1.165) is 46.0 Å². The number of phenolic OH excluding ortho intramolecular Hbond substituents is 1. The van der Waals surface area contributed by atoms with Crippen LogP contribution in [-0.4, -0.2) is 47.0 Å². The van der Waals surface area contributed by atoms with Crippen LogP contribution in [0.5, 0.6) is 5.75 Å². The third-order valence-corrected chi connectivity index (χ3v) is 7.16. The van der Waals surface area contributed by atoms with E-state index in [1.165, 1.54) is 0 Å². The molecule has 1 saturated heterocycles. The highest BCUT2D eigenvalue weighted by Gasteiger charge is 2.20. The second-order valence-electron chi connectivity index (χ2n) is 5.85. The van der Waals surface area contributed by atoms with Crippen molar-refractivity contribution in [2.24, 2.45) is 0 Å². The van der Waals surface area contributed by atoms with Crippen molar-refractivity contribution in [2.75, 3.05) is 26.2 Å². The first-order chi connectivity index (χ1) is 11.6. The minimum Gasteiger partial charge on any atom is -0.508 e. The van der Waals surface area contributed by atoms with E-state index in [9.17, 15) is 9.90 Å². The molecule has 3 rings (SSSR count). The molecule has 1 N–H and O–H groups in total. The van der Waals surface area contributed by atoms with E-state index in [1.807, 2.05) is 30.0 Å². The average molecular weight is 381 g/mol. The molecule has 2 aromatic rings. The van der Waals surface area contributed by atoms with Gasteiger partial charge in [0, 0.05) is 49.6 Å². The molecule has 0 unspecified atom stereocenters. The van der Waals surface area contributed by atoms with Crippen molar-refractivity contribution in [2.45, 2.75) is 19.9 Å². The summed E-state index contributed by atoms with van der Waals surface area (Å²) in [5.74, 6) is 0.544. The number of benzene rings is 1. The summed E-state index contributed by atoms with van der Waals surface area (Å²) in [6, 6.07) is 7.75. The fraction of sp³-hybridized carbons (Fsp3) is 0.412. The molecule has 1 aliphatic rings. The molecule has 1 fully saturated rings. The van der Waals surface area contributed by atoms with Crippen molar-refractivity contribution >= 4 is 38.8 Å². The predicted molar refractivity (Wildman–Crippen MR) is 102 cm³/mol. The van der Waals surface area contributed by atoms with Gasteiger partial charge in [-0.15, -0.1) is 0 Å². The first kappa shape index (κ1) is 17.5. The summed E-state index contributed by atoms with van der Waals surface area (Å²) < 4.78 is 0.890. The standard InChI is InChI=1S/C17H20N2O2S3/c1-2-16(21)19-7-5-18(6-8-19)11-13-9-12(3-4-14(13)20)15-10-17(22)24-23-15/h3-4,9-10,20H,2,5-8,11H2,1H3. The summed E-state index contributed by atoms with van der Waals surface area (Å²) in [4.78, 5) is 17.1. The highest BCUT2D eigenvalue weighted by atomic mass is 32.9. The van der Waals surface area contributed by atoms with Crippen LogP contribution in [0.25, 0.3) is 10.4 Å². The fourth-order valence-corrected chi connectivity index (χ4v) is 5.25. The Hall–Kier alpha value is -1.28. The number of nitrogens with zero attached hydrogens (tertiary/aromatic N) is 2. The number of aromatic hydroxyl groups is 1. The zero-order valence-electron chi connectivity index (χ0n) is 13.5. The van der Waals surface area contributed by atoms with Gasteiger partial charge in [0.25, 0.3) is 0 Å². The van der Waals surface area contributed by atoms with Gasteiger partial charge in [0.15, 0.2) is 0 Å². The zero-order valence-corrected chi connectivity index (χ0v) is 16.0. The normalized spacial score (nSPS) is 15.6. The minimum absolute atomic E-state index is 0.221. The smallest absolute Gasteiger partial charge is 0.222 e. The number of carbonyl (C=O) groups is 1. The largest absolute Gasteiger partial charge is 0.508 e. The molecule has 7 heteroatoms. The third kappa shape index (κ3) is 4.03. The van der Waals surface area contributed by atoms with Crippen molar-refractivity contribution < 1.29 is 9.90 Å². The Balaban J connectivity index is 1.69. The van der Waals surface area contributed by atoms with E-state index in [4.69, 9.17) is 12.2 Å². The Morgan fingerprint density at radius 2 is 1.96 bits per heavy atom. The van der Waals surface area contributed by atoms with Crippen molar-refractivity contribution in [3.05, 3.63) is 33.7 Å². The molecule has 0 atom stereocenters. The highest BCUT2D eigenvalue weighted by molar-refractivity contribution is 7.80. The van der Waals surface area contributed by atoms with Gasteiger partial charge in [0.05, 0.1) is 0 Å². The van der Waals surface area contributed by atoms with Gasteiger partial charge in [-0.1, -0.05) is 39.8 Å². The van der Waals surface area contributed by atoms with Crippen molar-refractivity contribution in [1.29, 1.82) is 0 Å². The van der Waals surface area contributed by atoms with Crippen LogP contribution in [0.1, 0.15) is 18.9 Å². The number of hydrogen-bond donors (Lipinski definition) is 1. The van der Waals surface area contributed by atoms with Gasteiger partial charge < -0.3 is 10.0 Å².